The summed E-state index contributed by atoms with van der Waals surface area (Å²) in [5.74, 6) is 0.633. The van der Waals surface area contributed by atoms with Crippen molar-refractivity contribution < 1.29 is 5.11 Å². The molecule has 0 amide bonds. The van der Waals surface area contributed by atoms with Crippen LogP contribution < -0.4 is 0 Å². The Bertz CT molecular complexity index is 142. The summed E-state index contributed by atoms with van der Waals surface area (Å²) in [5, 5.41) is 8.94. The number of rotatable bonds is 5. The van der Waals surface area contributed by atoms with Gasteiger partial charge >= 0.3 is 0 Å². The summed E-state index contributed by atoms with van der Waals surface area (Å²) in [7, 11) is 0. The molecule has 0 aliphatic heterocycles. The van der Waals surface area contributed by atoms with Crippen molar-refractivity contribution in [3.63, 3.8) is 0 Å². The predicted molar refractivity (Wildman–Crippen MR) is 58.7 cm³/mol. The van der Waals surface area contributed by atoms with E-state index in [0.717, 1.165) is 12.8 Å². The SMILES string of the molecule is C/C=C/CCC(CCO)C(C)(C)C. The van der Waals surface area contributed by atoms with E-state index in [1.807, 2.05) is 0 Å². The van der Waals surface area contributed by atoms with E-state index in [-0.39, 0.29) is 0 Å². The molecule has 78 valence electrons. The Hall–Kier alpha value is -0.300. The van der Waals surface area contributed by atoms with Crippen molar-refractivity contribution >= 4 is 0 Å². The number of aliphatic hydroxyl groups excluding tert-OH is 1. The van der Waals surface area contributed by atoms with Gasteiger partial charge in [0, 0.05) is 6.61 Å². The molecule has 0 aliphatic carbocycles. The molecule has 1 N–H and O–H groups in total. The van der Waals surface area contributed by atoms with Crippen LogP contribution in [0.25, 0.3) is 0 Å². The van der Waals surface area contributed by atoms with Crippen LogP contribution in [0.3, 0.4) is 0 Å². The highest BCUT2D eigenvalue weighted by molar-refractivity contribution is 4.81. The van der Waals surface area contributed by atoms with Crippen LogP contribution in [0.2, 0.25) is 0 Å². The average Bonchev–Trinajstić information content (AvgIpc) is 2.01. The van der Waals surface area contributed by atoms with E-state index in [0.29, 0.717) is 17.9 Å². The summed E-state index contributed by atoms with van der Waals surface area (Å²) in [5.41, 5.74) is 0.324. The van der Waals surface area contributed by atoms with Gasteiger partial charge in [-0.25, -0.2) is 0 Å². The molecule has 1 heteroatoms. The van der Waals surface area contributed by atoms with Crippen molar-refractivity contribution in [2.45, 2.75) is 47.0 Å². The summed E-state index contributed by atoms with van der Waals surface area (Å²) < 4.78 is 0. The van der Waals surface area contributed by atoms with Gasteiger partial charge in [0.1, 0.15) is 0 Å². The molecule has 0 saturated heterocycles. The Kier molecular flexibility index (Phi) is 6.06. The second-order valence-corrected chi connectivity index (χ2v) is 4.72. The quantitative estimate of drug-likeness (QED) is 0.649. The molecule has 13 heavy (non-hydrogen) atoms. The molecule has 0 aromatic heterocycles. The van der Waals surface area contributed by atoms with Crippen LogP contribution in [-0.4, -0.2) is 11.7 Å². The summed E-state index contributed by atoms with van der Waals surface area (Å²) in [6.45, 7) is 9.13. The van der Waals surface area contributed by atoms with Crippen LogP contribution in [0.1, 0.15) is 47.0 Å². The van der Waals surface area contributed by atoms with Gasteiger partial charge in [-0.15, -0.1) is 0 Å². The molecular formula is C12H24O. The maximum absolute atomic E-state index is 8.94. The molecule has 1 unspecified atom stereocenters. The van der Waals surface area contributed by atoms with Crippen molar-refractivity contribution in [1.82, 2.24) is 0 Å². The zero-order chi connectivity index (χ0) is 10.3. The first kappa shape index (κ1) is 12.7. The topological polar surface area (TPSA) is 20.2 Å². The first-order valence-corrected chi connectivity index (χ1v) is 5.24. The highest BCUT2D eigenvalue weighted by atomic mass is 16.3. The molecule has 0 fully saturated rings. The summed E-state index contributed by atoms with van der Waals surface area (Å²) in [6.07, 6.45) is 7.56. The largest absolute Gasteiger partial charge is 0.396 e. The van der Waals surface area contributed by atoms with E-state index in [9.17, 15) is 0 Å². The third-order valence-electron chi connectivity index (χ3n) is 2.62. The minimum atomic E-state index is 0.317. The van der Waals surface area contributed by atoms with Gasteiger partial charge in [-0.3, -0.25) is 0 Å². The number of hydrogen-bond donors (Lipinski definition) is 1. The Labute approximate surface area is 82.9 Å². The van der Waals surface area contributed by atoms with Crippen molar-refractivity contribution in [2.75, 3.05) is 6.61 Å². The lowest BCUT2D eigenvalue weighted by Gasteiger charge is -2.30. The van der Waals surface area contributed by atoms with Gasteiger partial charge in [0.05, 0.1) is 0 Å². The minimum Gasteiger partial charge on any atom is -0.396 e. The van der Waals surface area contributed by atoms with Crippen LogP contribution in [-0.2, 0) is 0 Å². The van der Waals surface area contributed by atoms with E-state index in [1.54, 1.807) is 0 Å². The van der Waals surface area contributed by atoms with Crippen LogP contribution >= 0.6 is 0 Å². The Morgan fingerprint density at radius 3 is 2.23 bits per heavy atom. The first-order chi connectivity index (χ1) is 6.02. The van der Waals surface area contributed by atoms with Crippen LogP contribution in [0.4, 0.5) is 0 Å². The van der Waals surface area contributed by atoms with E-state index in [2.05, 4.69) is 39.8 Å². The van der Waals surface area contributed by atoms with Gasteiger partial charge in [0.15, 0.2) is 0 Å². The Balaban J connectivity index is 3.95. The van der Waals surface area contributed by atoms with Crippen LogP contribution in [0.5, 0.6) is 0 Å². The molecule has 0 spiro atoms. The van der Waals surface area contributed by atoms with E-state index >= 15 is 0 Å². The molecule has 0 radical (unpaired) electrons. The minimum absolute atomic E-state index is 0.317. The zero-order valence-corrected chi connectivity index (χ0v) is 9.51. The molecule has 0 rings (SSSR count). The lowest BCUT2D eigenvalue weighted by molar-refractivity contribution is 0.166. The molecule has 1 atom stereocenters. The number of aliphatic hydroxyl groups is 1. The monoisotopic (exact) mass is 184 g/mol. The van der Waals surface area contributed by atoms with Gasteiger partial charge in [0.25, 0.3) is 0 Å². The smallest absolute Gasteiger partial charge is 0.0433 e. The normalized spacial score (nSPS) is 15.2. The third kappa shape index (κ3) is 5.87. The van der Waals surface area contributed by atoms with Crippen molar-refractivity contribution in [3.8, 4) is 0 Å². The molecule has 0 saturated carbocycles. The predicted octanol–water partition coefficient (Wildman–Crippen LogP) is 3.39. The highest BCUT2D eigenvalue weighted by Gasteiger charge is 2.22. The molecule has 0 heterocycles. The van der Waals surface area contributed by atoms with Crippen LogP contribution in [0, 0.1) is 11.3 Å². The second-order valence-electron chi connectivity index (χ2n) is 4.72. The molecular weight excluding hydrogens is 160 g/mol. The lowest BCUT2D eigenvalue weighted by atomic mass is 9.76. The summed E-state index contributed by atoms with van der Waals surface area (Å²) in [4.78, 5) is 0. The molecule has 0 aliphatic rings. The van der Waals surface area contributed by atoms with Gasteiger partial charge in [-0.1, -0.05) is 32.9 Å². The highest BCUT2D eigenvalue weighted by Crippen LogP contribution is 2.32. The average molecular weight is 184 g/mol. The molecule has 0 bridgehead atoms. The summed E-state index contributed by atoms with van der Waals surface area (Å²) in [6, 6.07) is 0. The maximum Gasteiger partial charge on any atom is 0.0433 e. The standard InChI is InChI=1S/C12H24O/c1-5-6-7-8-11(9-10-13)12(2,3)4/h5-6,11,13H,7-10H2,1-4H3/b6-5+. The fourth-order valence-electron chi connectivity index (χ4n) is 1.63. The summed E-state index contributed by atoms with van der Waals surface area (Å²) >= 11 is 0. The van der Waals surface area contributed by atoms with Gasteiger partial charge in [-0.2, -0.15) is 0 Å². The lowest BCUT2D eigenvalue weighted by Crippen LogP contribution is -2.21. The van der Waals surface area contributed by atoms with Crippen molar-refractivity contribution in [2.24, 2.45) is 11.3 Å². The van der Waals surface area contributed by atoms with E-state index < -0.39 is 0 Å². The molecule has 0 aromatic carbocycles. The Morgan fingerprint density at radius 2 is 1.85 bits per heavy atom. The van der Waals surface area contributed by atoms with Gasteiger partial charge in [0.2, 0.25) is 0 Å². The first-order valence-electron chi connectivity index (χ1n) is 5.24. The second kappa shape index (κ2) is 6.20. The van der Waals surface area contributed by atoms with Crippen molar-refractivity contribution in [3.05, 3.63) is 12.2 Å². The Morgan fingerprint density at radius 1 is 1.23 bits per heavy atom. The maximum atomic E-state index is 8.94. The number of hydrogen-bond acceptors (Lipinski definition) is 1. The molecule has 0 aromatic rings. The van der Waals surface area contributed by atoms with Crippen LogP contribution in [0.15, 0.2) is 12.2 Å². The zero-order valence-electron chi connectivity index (χ0n) is 9.51. The fraction of sp³-hybridized carbons (Fsp3) is 0.833. The van der Waals surface area contributed by atoms with Gasteiger partial charge in [-0.05, 0) is 37.5 Å². The van der Waals surface area contributed by atoms with Crippen molar-refractivity contribution in [1.29, 1.82) is 0 Å². The van der Waals surface area contributed by atoms with E-state index in [1.165, 1.54) is 6.42 Å². The number of allylic oxidation sites excluding steroid dienone is 2. The third-order valence-corrected chi connectivity index (χ3v) is 2.62. The fourth-order valence-corrected chi connectivity index (χ4v) is 1.63. The van der Waals surface area contributed by atoms with E-state index in [4.69, 9.17) is 5.11 Å². The molecule has 1 nitrogen and oxygen atoms in total. The van der Waals surface area contributed by atoms with Gasteiger partial charge < -0.3 is 5.11 Å².